The number of benzene rings is 1. The van der Waals surface area contributed by atoms with Crippen LogP contribution in [0, 0.1) is 5.82 Å². The topological polar surface area (TPSA) is 41.1 Å². The lowest BCUT2D eigenvalue weighted by Gasteiger charge is -2.27. The third-order valence-electron chi connectivity index (χ3n) is 2.29. The fourth-order valence-electron chi connectivity index (χ4n) is 1.33. The molecule has 2 rings (SSSR count). The van der Waals surface area contributed by atoms with Crippen molar-refractivity contribution in [2.45, 2.75) is 6.04 Å². The molecule has 1 aliphatic heterocycles. The Hall–Kier alpha value is -1.13. The molecule has 1 fully saturated rings. The van der Waals surface area contributed by atoms with Gasteiger partial charge in [-0.3, -0.25) is 4.79 Å². The number of hydrogen-bond acceptors (Lipinski definition) is 2. The first-order valence-corrected chi connectivity index (χ1v) is 5.01. The van der Waals surface area contributed by atoms with Crippen LogP contribution in [0.15, 0.2) is 18.2 Å². The predicted molar refractivity (Wildman–Crippen MR) is 55.5 cm³/mol. The van der Waals surface area contributed by atoms with Crippen LogP contribution in [0.5, 0.6) is 0 Å². The van der Waals surface area contributed by atoms with Crippen molar-refractivity contribution in [2.24, 2.45) is 0 Å². The SMILES string of the molecule is O=C(NC1CNC1)c1ccc(Cl)cc1F. The lowest BCUT2D eigenvalue weighted by atomic mass is 10.1. The van der Waals surface area contributed by atoms with E-state index in [0.717, 1.165) is 19.2 Å². The van der Waals surface area contributed by atoms with Gasteiger partial charge in [-0.2, -0.15) is 0 Å². The van der Waals surface area contributed by atoms with Crippen LogP contribution in [-0.4, -0.2) is 25.0 Å². The van der Waals surface area contributed by atoms with Crippen LogP contribution in [0.1, 0.15) is 10.4 Å². The van der Waals surface area contributed by atoms with Crippen LogP contribution in [0.25, 0.3) is 0 Å². The number of rotatable bonds is 2. The highest BCUT2D eigenvalue weighted by Gasteiger charge is 2.21. The summed E-state index contributed by atoms with van der Waals surface area (Å²) < 4.78 is 13.3. The Morgan fingerprint density at radius 2 is 2.27 bits per heavy atom. The van der Waals surface area contributed by atoms with Crippen molar-refractivity contribution in [1.29, 1.82) is 0 Å². The van der Waals surface area contributed by atoms with Gasteiger partial charge in [0.15, 0.2) is 0 Å². The number of nitrogens with one attached hydrogen (secondary N) is 2. The number of halogens is 2. The van der Waals surface area contributed by atoms with Crippen molar-refractivity contribution in [2.75, 3.05) is 13.1 Å². The molecule has 0 atom stereocenters. The minimum atomic E-state index is -0.590. The molecule has 0 unspecified atom stereocenters. The normalized spacial score (nSPS) is 15.9. The van der Waals surface area contributed by atoms with Gasteiger partial charge in [0, 0.05) is 18.1 Å². The zero-order valence-corrected chi connectivity index (χ0v) is 8.64. The third kappa shape index (κ3) is 2.27. The molecule has 0 saturated carbocycles. The molecular weight excluding hydrogens is 219 g/mol. The Bertz CT molecular complexity index is 393. The molecule has 0 aliphatic carbocycles. The highest BCUT2D eigenvalue weighted by molar-refractivity contribution is 6.30. The lowest BCUT2D eigenvalue weighted by molar-refractivity contribution is 0.0920. The molecule has 0 aromatic heterocycles. The highest BCUT2D eigenvalue weighted by atomic mass is 35.5. The van der Waals surface area contributed by atoms with Crippen LogP contribution in [0.4, 0.5) is 4.39 Å². The fraction of sp³-hybridized carbons (Fsp3) is 0.300. The van der Waals surface area contributed by atoms with Gasteiger partial charge >= 0.3 is 0 Å². The van der Waals surface area contributed by atoms with Crippen LogP contribution in [-0.2, 0) is 0 Å². The summed E-state index contributed by atoms with van der Waals surface area (Å²) in [4.78, 5) is 11.6. The molecule has 5 heteroatoms. The summed E-state index contributed by atoms with van der Waals surface area (Å²) in [5.41, 5.74) is 0.0336. The zero-order valence-electron chi connectivity index (χ0n) is 7.89. The molecule has 1 amide bonds. The molecule has 1 saturated heterocycles. The Labute approximate surface area is 91.6 Å². The summed E-state index contributed by atoms with van der Waals surface area (Å²) in [7, 11) is 0. The third-order valence-corrected chi connectivity index (χ3v) is 2.53. The van der Waals surface area contributed by atoms with E-state index in [1.165, 1.54) is 12.1 Å². The molecular formula is C10H10ClFN2O. The predicted octanol–water partition coefficient (Wildman–Crippen LogP) is 1.18. The van der Waals surface area contributed by atoms with Gasteiger partial charge in [0.05, 0.1) is 11.6 Å². The van der Waals surface area contributed by atoms with Crippen LogP contribution in [0.2, 0.25) is 5.02 Å². The van der Waals surface area contributed by atoms with Gasteiger partial charge in [0.1, 0.15) is 5.82 Å². The summed E-state index contributed by atoms with van der Waals surface area (Å²) in [5, 5.41) is 6.01. The molecule has 1 heterocycles. The van der Waals surface area contributed by atoms with Gasteiger partial charge in [0.25, 0.3) is 5.91 Å². The minimum absolute atomic E-state index is 0.0336. The Morgan fingerprint density at radius 3 is 2.80 bits per heavy atom. The maximum absolute atomic E-state index is 13.3. The van der Waals surface area contributed by atoms with E-state index in [1.54, 1.807) is 0 Å². The average Bonchev–Trinajstić information content (AvgIpc) is 2.11. The summed E-state index contributed by atoms with van der Waals surface area (Å²) >= 11 is 5.58. The molecule has 0 spiro atoms. The van der Waals surface area contributed by atoms with E-state index >= 15 is 0 Å². The molecule has 1 aromatic carbocycles. The van der Waals surface area contributed by atoms with Crippen LogP contribution < -0.4 is 10.6 Å². The van der Waals surface area contributed by atoms with Gasteiger partial charge in [0.2, 0.25) is 0 Å². The van der Waals surface area contributed by atoms with Gasteiger partial charge < -0.3 is 10.6 Å². The van der Waals surface area contributed by atoms with Crippen molar-refractivity contribution in [1.82, 2.24) is 10.6 Å². The van der Waals surface area contributed by atoms with Gasteiger partial charge in [-0.05, 0) is 18.2 Å². The van der Waals surface area contributed by atoms with E-state index in [-0.39, 0.29) is 16.6 Å². The smallest absolute Gasteiger partial charge is 0.254 e. The second-order valence-electron chi connectivity index (χ2n) is 3.45. The van der Waals surface area contributed by atoms with Crippen molar-refractivity contribution in [3.8, 4) is 0 Å². The van der Waals surface area contributed by atoms with E-state index in [2.05, 4.69) is 10.6 Å². The fourth-order valence-corrected chi connectivity index (χ4v) is 1.49. The van der Waals surface area contributed by atoms with Crippen molar-refractivity contribution in [3.63, 3.8) is 0 Å². The first kappa shape index (κ1) is 10.4. The molecule has 2 N–H and O–H groups in total. The molecule has 15 heavy (non-hydrogen) atoms. The van der Waals surface area contributed by atoms with Gasteiger partial charge in [-0.1, -0.05) is 11.6 Å². The molecule has 1 aromatic rings. The maximum atomic E-state index is 13.3. The van der Waals surface area contributed by atoms with E-state index in [4.69, 9.17) is 11.6 Å². The average molecular weight is 229 g/mol. The summed E-state index contributed by atoms with van der Waals surface area (Å²) in [6.07, 6.45) is 0. The second-order valence-corrected chi connectivity index (χ2v) is 3.89. The molecule has 0 bridgehead atoms. The van der Waals surface area contributed by atoms with E-state index in [9.17, 15) is 9.18 Å². The standard InChI is InChI=1S/C10H10ClFN2O/c11-6-1-2-8(9(12)3-6)10(15)14-7-4-13-5-7/h1-3,7,13H,4-5H2,(H,14,15). The van der Waals surface area contributed by atoms with Crippen LogP contribution >= 0.6 is 11.6 Å². The number of carbonyl (C=O) groups is 1. The summed E-state index contributed by atoms with van der Waals surface area (Å²) in [6.45, 7) is 1.47. The number of carbonyl (C=O) groups excluding carboxylic acids is 1. The van der Waals surface area contributed by atoms with Gasteiger partial charge in [-0.25, -0.2) is 4.39 Å². The molecule has 1 aliphatic rings. The van der Waals surface area contributed by atoms with Gasteiger partial charge in [-0.15, -0.1) is 0 Å². The summed E-state index contributed by atoms with van der Waals surface area (Å²) in [5.74, 6) is -0.983. The minimum Gasteiger partial charge on any atom is -0.347 e. The first-order valence-electron chi connectivity index (χ1n) is 4.63. The highest BCUT2D eigenvalue weighted by Crippen LogP contribution is 2.14. The monoisotopic (exact) mass is 228 g/mol. The Kier molecular flexibility index (Phi) is 2.88. The Morgan fingerprint density at radius 1 is 1.53 bits per heavy atom. The maximum Gasteiger partial charge on any atom is 0.254 e. The van der Waals surface area contributed by atoms with Crippen molar-refractivity contribution < 1.29 is 9.18 Å². The second kappa shape index (κ2) is 4.16. The van der Waals surface area contributed by atoms with Crippen molar-refractivity contribution >= 4 is 17.5 Å². The molecule has 0 radical (unpaired) electrons. The number of amides is 1. The summed E-state index contributed by atoms with van der Waals surface area (Å²) in [6, 6.07) is 4.13. The Balaban J connectivity index is 2.10. The van der Waals surface area contributed by atoms with E-state index in [0.29, 0.717) is 0 Å². The first-order chi connectivity index (χ1) is 7.16. The van der Waals surface area contributed by atoms with Crippen molar-refractivity contribution in [3.05, 3.63) is 34.6 Å². The largest absolute Gasteiger partial charge is 0.347 e. The lowest BCUT2D eigenvalue weighted by Crippen LogP contribution is -2.57. The van der Waals surface area contributed by atoms with E-state index in [1.807, 2.05) is 0 Å². The quantitative estimate of drug-likeness (QED) is 0.798. The number of hydrogen-bond donors (Lipinski definition) is 2. The van der Waals surface area contributed by atoms with E-state index < -0.39 is 11.7 Å². The van der Waals surface area contributed by atoms with Crippen LogP contribution in [0.3, 0.4) is 0 Å². The molecule has 80 valence electrons. The molecule has 3 nitrogen and oxygen atoms in total. The zero-order chi connectivity index (χ0) is 10.8.